The first kappa shape index (κ1) is 48.3. The molecule has 3 aliphatic rings. The first-order valence-corrected chi connectivity index (χ1v) is 20.4. The number of cyclic esters (lactones) is 1. The van der Waals surface area contributed by atoms with E-state index in [1.165, 1.54) is 14.0 Å². The number of hydrogen-bond donors (Lipinski definition) is 2. The minimum absolute atomic E-state index is 0.160. The lowest BCUT2D eigenvalue weighted by atomic mass is 9.78. The predicted octanol–water partition coefficient (Wildman–Crippen LogP) is 4.67. The molecule has 16 heteroatoms. The van der Waals surface area contributed by atoms with Crippen molar-refractivity contribution in [3.63, 3.8) is 0 Å². The summed E-state index contributed by atoms with van der Waals surface area (Å²) < 4.78 is 44.5. The van der Waals surface area contributed by atoms with Gasteiger partial charge in [0.2, 0.25) is 0 Å². The van der Waals surface area contributed by atoms with E-state index in [1.807, 2.05) is 74.5 Å². The zero-order chi connectivity index (χ0) is 42.4. The topological polar surface area (TPSA) is 194 Å². The van der Waals surface area contributed by atoms with Gasteiger partial charge in [-0.25, -0.2) is 0 Å². The number of carbonyl (C=O) groups excluding carboxylic acids is 2. The molecule has 0 aromatic rings. The Bertz CT molecular complexity index is 1340. The highest BCUT2D eigenvalue weighted by atomic mass is 16.7. The smallest absolute Gasteiger partial charge is 0.311 e. The van der Waals surface area contributed by atoms with Crippen LogP contribution in [-0.4, -0.2) is 151 Å². The molecule has 0 aromatic heterocycles. The average Bonchev–Trinajstić information content (AvgIpc) is 3.11. The second kappa shape index (κ2) is 20.2. The molecule has 18 atom stereocenters. The van der Waals surface area contributed by atoms with Gasteiger partial charge in [0, 0.05) is 49.8 Å². The van der Waals surface area contributed by atoms with Crippen LogP contribution in [0, 0.1) is 23.7 Å². The summed E-state index contributed by atoms with van der Waals surface area (Å²) in [5.41, 5.74) is 6.79. The number of azide groups is 1. The largest absolute Gasteiger partial charge is 0.462 e. The number of aliphatic hydroxyl groups is 2. The second-order valence-electron chi connectivity index (χ2n) is 17.7. The highest BCUT2D eigenvalue weighted by molar-refractivity contribution is 5.73. The van der Waals surface area contributed by atoms with Crippen LogP contribution in [0.5, 0.6) is 0 Å². The molecule has 0 amide bonds. The highest BCUT2D eigenvalue weighted by Crippen LogP contribution is 2.40. The summed E-state index contributed by atoms with van der Waals surface area (Å²) in [6.07, 6.45) is -5.70. The van der Waals surface area contributed by atoms with Gasteiger partial charge in [0.25, 0.3) is 0 Å². The van der Waals surface area contributed by atoms with Crippen LogP contribution in [0.15, 0.2) is 5.11 Å². The lowest BCUT2D eigenvalue weighted by Gasteiger charge is -2.49. The highest BCUT2D eigenvalue weighted by Gasteiger charge is 2.52. The SMILES string of the molecule is CC[C@H]1OC(=O)[C@H](C)[C@@H](O[C@H]2C[C@@](C)(OC)[C@@H](N=[N+]=[N-])[C@H](C)O2)[C@H](C)[C@@H](O[C@@H]2O[C@H](C)C[C@H](N(C)C)[C@H]2OC(C)=O)C(C)(O)C[C@@H](C)N(C)C[C@H](C)[C@@H](O)[C@H]1C. The zero-order valence-corrected chi connectivity index (χ0v) is 36.6. The van der Waals surface area contributed by atoms with Gasteiger partial charge < -0.3 is 53.2 Å². The molecular formula is C40H73N5O11. The van der Waals surface area contributed by atoms with Gasteiger partial charge >= 0.3 is 11.9 Å². The second-order valence-corrected chi connectivity index (χ2v) is 17.7. The molecule has 0 saturated carbocycles. The fraction of sp³-hybridized carbons (Fsp3) is 0.950. The van der Waals surface area contributed by atoms with Crippen molar-refractivity contribution in [3.05, 3.63) is 10.4 Å². The number of rotatable bonds is 9. The molecule has 3 saturated heterocycles. The van der Waals surface area contributed by atoms with Crippen molar-refractivity contribution in [3.8, 4) is 0 Å². The third-order valence-electron chi connectivity index (χ3n) is 12.7. The third kappa shape index (κ3) is 11.5. The minimum Gasteiger partial charge on any atom is -0.462 e. The number of hydrogen-bond acceptors (Lipinski definition) is 14. The summed E-state index contributed by atoms with van der Waals surface area (Å²) >= 11 is 0. The van der Waals surface area contributed by atoms with Gasteiger partial charge in [0.15, 0.2) is 18.7 Å². The monoisotopic (exact) mass is 800 g/mol. The van der Waals surface area contributed by atoms with Gasteiger partial charge in [-0.3, -0.25) is 9.59 Å². The van der Waals surface area contributed by atoms with Crippen LogP contribution in [0.2, 0.25) is 0 Å². The van der Waals surface area contributed by atoms with E-state index in [1.54, 1.807) is 20.8 Å². The van der Waals surface area contributed by atoms with E-state index in [0.29, 0.717) is 19.4 Å². The van der Waals surface area contributed by atoms with E-state index in [0.717, 1.165) is 0 Å². The van der Waals surface area contributed by atoms with Gasteiger partial charge in [-0.1, -0.05) is 32.8 Å². The van der Waals surface area contributed by atoms with E-state index >= 15 is 0 Å². The molecule has 16 nitrogen and oxygen atoms in total. The summed E-state index contributed by atoms with van der Waals surface area (Å²) in [6.45, 7) is 20.5. The average molecular weight is 800 g/mol. The van der Waals surface area contributed by atoms with Crippen molar-refractivity contribution in [2.24, 2.45) is 28.8 Å². The molecule has 0 spiro atoms. The van der Waals surface area contributed by atoms with Crippen molar-refractivity contribution >= 4 is 11.9 Å². The number of ether oxygens (including phenoxy) is 7. The summed E-state index contributed by atoms with van der Waals surface area (Å²) in [4.78, 5) is 33.9. The van der Waals surface area contributed by atoms with E-state index in [9.17, 15) is 25.3 Å². The molecule has 0 aromatic carbocycles. The fourth-order valence-corrected chi connectivity index (χ4v) is 9.15. The van der Waals surface area contributed by atoms with Crippen molar-refractivity contribution in [1.82, 2.24) is 9.80 Å². The standard InChI is InChI=1S/C40H73N5O11/c1-16-30-24(5)32(47)21(2)20-45(14)22(3)18-39(10,49)36(56-38-34(53-28(9)46)29(44(12)13)17-23(4)51-38)25(6)33(26(7)37(48)54-30)55-31-19-40(11,50-15)35(42-43-41)27(8)52-31/h21-27,29-36,38,47,49H,16-20H2,1-15H3/t21-,22+,23+,24-,25-,26+,27-,29-,30+,31-,32+,33-,34+,35-,36+,38-,39?,40+/m0/s1. The normalized spacial score (nSPS) is 45.2. The van der Waals surface area contributed by atoms with Crippen molar-refractivity contribution in [2.75, 3.05) is 34.8 Å². The number of nitrogens with zero attached hydrogens (tertiary/aromatic N) is 5. The van der Waals surface area contributed by atoms with Crippen LogP contribution in [-0.2, 0) is 42.7 Å². The number of esters is 2. The zero-order valence-electron chi connectivity index (χ0n) is 36.6. The summed E-state index contributed by atoms with van der Waals surface area (Å²) in [5.74, 6) is -3.26. The van der Waals surface area contributed by atoms with Crippen LogP contribution in [0.4, 0.5) is 0 Å². The summed E-state index contributed by atoms with van der Waals surface area (Å²) in [5, 5.41) is 28.2. The van der Waals surface area contributed by atoms with Crippen LogP contribution in [0.1, 0.15) is 102 Å². The van der Waals surface area contributed by atoms with E-state index < -0.39 is 90.2 Å². The molecular weight excluding hydrogens is 726 g/mol. The Labute approximate surface area is 334 Å². The molecule has 3 fully saturated rings. The number of carbonyl (C=O) groups is 2. The Kier molecular flexibility index (Phi) is 17.4. The number of aliphatic hydroxyl groups excluding tert-OH is 1. The van der Waals surface area contributed by atoms with E-state index in [4.69, 9.17) is 33.2 Å². The maximum Gasteiger partial charge on any atom is 0.311 e. The van der Waals surface area contributed by atoms with E-state index in [-0.39, 0.29) is 42.9 Å². The predicted molar refractivity (Wildman–Crippen MR) is 209 cm³/mol. The van der Waals surface area contributed by atoms with Crippen molar-refractivity contribution < 1.29 is 53.0 Å². The van der Waals surface area contributed by atoms with Crippen LogP contribution < -0.4 is 0 Å². The Hall–Kier alpha value is -2.11. The molecule has 3 rings (SSSR count). The van der Waals surface area contributed by atoms with Gasteiger partial charge in [-0.2, -0.15) is 0 Å². The van der Waals surface area contributed by atoms with Gasteiger partial charge in [-0.15, -0.1) is 0 Å². The van der Waals surface area contributed by atoms with Gasteiger partial charge in [-0.05, 0) is 93.4 Å². The quantitative estimate of drug-likeness (QED) is 0.142. The van der Waals surface area contributed by atoms with Crippen molar-refractivity contribution in [1.29, 1.82) is 0 Å². The molecule has 56 heavy (non-hydrogen) atoms. The molecule has 0 bridgehead atoms. The molecule has 3 heterocycles. The van der Waals surface area contributed by atoms with Gasteiger partial charge in [0.05, 0.1) is 59.7 Å². The molecule has 2 N–H and O–H groups in total. The summed E-state index contributed by atoms with van der Waals surface area (Å²) in [6, 6.07) is -1.10. The molecule has 324 valence electrons. The lowest BCUT2D eigenvalue weighted by molar-refractivity contribution is -0.312. The van der Waals surface area contributed by atoms with Crippen LogP contribution in [0.3, 0.4) is 0 Å². The fourth-order valence-electron chi connectivity index (χ4n) is 9.15. The molecule has 0 radical (unpaired) electrons. The first-order valence-electron chi connectivity index (χ1n) is 20.4. The third-order valence-corrected chi connectivity index (χ3v) is 12.7. The Morgan fingerprint density at radius 3 is 2.25 bits per heavy atom. The Balaban J connectivity index is 2.22. The molecule has 1 unspecified atom stereocenters. The maximum atomic E-state index is 14.3. The lowest BCUT2D eigenvalue weighted by Crippen LogP contribution is -2.61. The summed E-state index contributed by atoms with van der Waals surface area (Å²) in [7, 11) is 7.30. The van der Waals surface area contributed by atoms with Crippen LogP contribution in [0.25, 0.3) is 10.4 Å². The van der Waals surface area contributed by atoms with E-state index in [2.05, 4.69) is 14.9 Å². The van der Waals surface area contributed by atoms with Gasteiger partial charge in [0.1, 0.15) is 6.10 Å². The molecule has 3 aliphatic heterocycles. The van der Waals surface area contributed by atoms with Crippen LogP contribution >= 0.6 is 0 Å². The van der Waals surface area contributed by atoms with Crippen molar-refractivity contribution in [2.45, 2.75) is 186 Å². The molecule has 0 aliphatic carbocycles. The Morgan fingerprint density at radius 1 is 1.05 bits per heavy atom. The minimum atomic E-state index is -1.58. The number of methoxy groups -OCH3 is 1. The first-order chi connectivity index (χ1) is 26.0. The maximum absolute atomic E-state index is 14.3. The number of likely N-dealkylation sites (N-methyl/N-ethyl adjacent to an activating group) is 1. The Morgan fingerprint density at radius 2 is 1.70 bits per heavy atom.